The minimum absolute atomic E-state index is 0.0643. The van der Waals surface area contributed by atoms with Gasteiger partial charge in [-0.3, -0.25) is 24.2 Å². The number of fused-ring (bicyclic) bond motifs is 2. The second-order valence-corrected chi connectivity index (χ2v) is 8.65. The van der Waals surface area contributed by atoms with E-state index < -0.39 is 0 Å². The van der Waals surface area contributed by atoms with Crippen LogP contribution in [-0.4, -0.2) is 36.1 Å². The lowest BCUT2D eigenvalue weighted by molar-refractivity contribution is -0.116. The van der Waals surface area contributed by atoms with Crippen LogP contribution in [0.5, 0.6) is 11.5 Å². The molecule has 2 aromatic carbocycles. The molecule has 0 bridgehead atoms. The number of nitrogens with zero attached hydrogens (tertiary/aromatic N) is 2. The van der Waals surface area contributed by atoms with Crippen molar-refractivity contribution in [1.82, 2.24) is 4.31 Å². The first-order chi connectivity index (χ1) is 13.2. The molecule has 0 aliphatic carbocycles. The van der Waals surface area contributed by atoms with E-state index in [-0.39, 0.29) is 17.6 Å². The van der Waals surface area contributed by atoms with Gasteiger partial charge in [0.25, 0.3) is 0 Å². The molecular weight excluding hydrogens is 444 g/mol. The first-order valence-electron chi connectivity index (χ1n) is 8.35. The number of hydrogen-bond acceptors (Lipinski definition) is 6. The third kappa shape index (κ3) is 4.06. The molecule has 0 spiro atoms. The minimum Gasteiger partial charge on any atom is -0.454 e. The maximum atomic E-state index is 12.4. The number of hydrogen-bond donors (Lipinski definition) is 2. The van der Waals surface area contributed by atoms with Crippen LogP contribution in [0.4, 0.5) is 11.4 Å². The van der Waals surface area contributed by atoms with Gasteiger partial charge in [0.2, 0.25) is 11.8 Å². The molecule has 28 heavy (non-hydrogen) atoms. The molecule has 9 heteroatoms. The lowest BCUT2D eigenvalue weighted by Gasteiger charge is -2.22. The van der Waals surface area contributed by atoms with Crippen LogP contribution < -0.4 is 15.0 Å². The smallest absolute Gasteiger partial charge is 0.229 e. The summed E-state index contributed by atoms with van der Waals surface area (Å²) in [5.41, 5.74) is 1.21. The average Bonchev–Trinajstić information content (AvgIpc) is 2.66. The second-order valence-electron chi connectivity index (χ2n) is 6.35. The van der Waals surface area contributed by atoms with Gasteiger partial charge in [0.05, 0.1) is 16.9 Å². The molecule has 2 aromatic rings. The number of anilines is 2. The Balaban J connectivity index is 2.23. The molecule has 0 saturated heterocycles. The molecule has 0 fully saturated rings. The highest BCUT2D eigenvalue weighted by Gasteiger charge is 2.31. The molecule has 0 unspecified atom stereocenters. The van der Waals surface area contributed by atoms with Crippen molar-refractivity contribution >= 4 is 56.9 Å². The molecule has 1 aliphatic heterocycles. The van der Waals surface area contributed by atoms with E-state index in [1.54, 1.807) is 18.2 Å². The minimum atomic E-state index is -0.326. The zero-order chi connectivity index (χ0) is 20.6. The van der Waals surface area contributed by atoms with Gasteiger partial charge in [-0.25, -0.2) is 0 Å². The van der Waals surface area contributed by atoms with E-state index >= 15 is 0 Å². The number of carbonyl (C=O) groups is 2. The number of amidine groups is 1. The number of ether oxygens (including phenoxy) is 1. The quantitative estimate of drug-likeness (QED) is 0.657. The highest BCUT2D eigenvalue weighted by Crippen LogP contribution is 2.44. The third-order valence-corrected chi connectivity index (χ3v) is 5.12. The summed E-state index contributed by atoms with van der Waals surface area (Å²) in [6.07, 6.45) is 0. The number of rotatable bonds is 3. The summed E-state index contributed by atoms with van der Waals surface area (Å²) in [5.74, 6) is 0.157. The Morgan fingerprint density at radius 2 is 1.89 bits per heavy atom. The lowest BCUT2D eigenvalue weighted by Crippen LogP contribution is -2.35. The zero-order valence-corrected chi connectivity index (χ0v) is 18.2. The van der Waals surface area contributed by atoms with Crippen molar-refractivity contribution in [1.29, 1.82) is 5.41 Å². The predicted octanol–water partition coefficient (Wildman–Crippen LogP) is 4.46. The standard InChI is InChI=1S/C19H19BrN4O3S/c1-10(25)22-14-7-12(20)8-17-18(14)19(21)24(11(2)26)15-6-5-13(28-23(3)4)9-16(15)27-17/h5-9,21H,1-4H3,(H,22,25). The Bertz CT molecular complexity index is 993. The van der Waals surface area contributed by atoms with Crippen molar-refractivity contribution in [2.75, 3.05) is 24.3 Å². The van der Waals surface area contributed by atoms with Crippen molar-refractivity contribution in [2.24, 2.45) is 0 Å². The highest BCUT2D eigenvalue weighted by molar-refractivity contribution is 9.10. The summed E-state index contributed by atoms with van der Waals surface area (Å²) in [6, 6.07) is 8.86. The first-order valence-corrected chi connectivity index (χ1v) is 9.92. The predicted molar refractivity (Wildman–Crippen MR) is 114 cm³/mol. The Hall–Kier alpha value is -2.36. The molecule has 1 aliphatic rings. The Labute approximate surface area is 175 Å². The van der Waals surface area contributed by atoms with E-state index in [0.717, 1.165) is 4.90 Å². The molecule has 2 N–H and O–H groups in total. The van der Waals surface area contributed by atoms with Crippen molar-refractivity contribution in [2.45, 2.75) is 18.7 Å². The van der Waals surface area contributed by atoms with Crippen LogP contribution in [0.15, 0.2) is 39.7 Å². The monoisotopic (exact) mass is 462 g/mol. The van der Waals surface area contributed by atoms with Gasteiger partial charge in [0.15, 0.2) is 5.75 Å². The van der Waals surface area contributed by atoms with Gasteiger partial charge < -0.3 is 10.1 Å². The highest BCUT2D eigenvalue weighted by atomic mass is 79.9. The average molecular weight is 463 g/mol. The molecule has 2 amide bonds. The fourth-order valence-electron chi connectivity index (χ4n) is 2.90. The van der Waals surface area contributed by atoms with Crippen LogP contribution >= 0.6 is 27.9 Å². The second kappa shape index (κ2) is 7.94. The van der Waals surface area contributed by atoms with E-state index in [4.69, 9.17) is 10.1 Å². The third-order valence-electron chi connectivity index (χ3n) is 3.83. The molecule has 3 rings (SSSR count). The summed E-state index contributed by atoms with van der Waals surface area (Å²) >= 11 is 4.93. The summed E-state index contributed by atoms with van der Waals surface area (Å²) in [4.78, 5) is 26.3. The van der Waals surface area contributed by atoms with Crippen LogP contribution in [0.3, 0.4) is 0 Å². The van der Waals surface area contributed by atoms with Gasteiger partial charge in [-0.2, -0.15) is 0 Å². The molecule has 1 heterocycles. The lowest BCUT2D eigenvalue weighted by atomic mass is 10.1. The first kappa shape index (κ1) is 20.4. The Kier molecular flexibility index (Phi) is 5.78. The molecule has 146 valence electrons. The van der Waals surface area contributed by atoms with Gasteiger partial charge in [-0.1, -0.05) is 15.9 Å². The molecule has 0 aromatic heterocycles. The van der Waals surface area contributed by atoms with E-state index in [2.05, 4.69) is 21.2 Å². The van der Waals surface area contributed by atoms with Crippen molar-refractivity contribution in [3.8, 4) is 11.5 Å². The van der Waals surface area contributed by atoms with Gasteiger partial charge >= 0.3 is 0 Å². The molecule has 0 saturated carbocycles. The Morgan fingerprint density at radius 3 is 2.50 bits per heavy atom. The van der Waals surface area contributed by atoms with Gasteiger partial charge in [-0.15, -0.1) is 0 Å². The van der Waals surface area contributed by atoms with Gasteiger partial charge in [0, 0.05) is 23.2 Å². The summed E-state index contributed by atoms with van der Waals surface area (Å²) in [6.45, 7) is 2.78. The van der Waals surface area contributed by atoms with Crippen LogP contribution in [0, 0.1) is 5.41 Å². The normalized spacial score (nSPS) is 12.8. The largest absolute Gasteiger partial charge is 0.454 e. The fraction of sp³-hybridized carbons (Fsp3) is 0.211. The van der Waals surface area contributed by atoms with Crippen LogP contribution in [0.25, 0.3) is 0 Å². The van der Waals surface area contributed by atoms with E-state index in [1.165, 1.54) is 30.7 Å². The topological polar surface area (TPSA) is 85.7 Å². The number of carbonyl (C=O) groups excluding carboxylic acids is 2. The zero-order valence-electron chi connectivity index (χ0n) is 15.8. The fourth-order valence-corrected chi connectivity index (χ4v) is 4.05. The maximum Gasteiger partial charge on any atom is 0.229 e. The van der Waals surface area contributed by atoms with Crippen molar-refractivity contribution in [3.63, 3.8) is 0 Å². The maximum absolute atomic E-state index is 12.4. The van der Waals surface area contributed by atoms with Gasteiger partial charge in [-0.05, 0) is 56.4 Å². The van der Waals surface area contributed by atoms with Crippen LogP contribution in [0.1, 0.15) is 19.4 Å². The number of amides is 2. The molecule has 7 nitrogen and oxygen atoms in total. The molecule has 0 radical (unpaired) electrons. The van der Waals surface area contributed by atoms with Crippen molar-refractivity contribution in [3.05, 3.63) is 40.4 Å². The number of benzene rings is 2. The molecular formula is C19H19BrN4O3S. The van der Waals surface area contributed by atoms with Crippen LogP contribution in [-0.2, 0) is 9.59 Å². The van der Waals surface area contributed by atoms with E-state index in [1.807, 2.05) is 30.5 Å². The summed E-state index contributed by atoms with van der Waals surface area (Å²) < 4.78 is 8.76. The van der Waals surface area contributed by atoms with E-state index in [0.29, 0.717) is 32.9 Å². The van der Waals surface area contributed by atoms with E-state index in [9.17, 15) is 9.59 Å². The SMILES string of the molecule is CC(=O)Nc1cc(Br)cc2c1C(=N)N(C(C)=O)c1ccc(SN(C)C)cc1O2. The molecule has 0 atom stereocenters. The van der Waals surface area contributed by atoms with Gasteiger partial charge in [0.1, 0.15) is 11.6 Å². The Morgan fingerprint density at radius 1 is 1.18 bits per heavy atom. The number of halogens is 1. The van der Waals surface area contributed by atoms with Crippen LogP contribution in [0.2, 0.25) is 0 Å². The number of nitrogens with one attached hydrogen (secondary N) is 2. The van der Waals surface area contributed by atoms with Crippen molar-refractivity contribution < 1.29 is 14.3 Å². The summed E-state index contributed by atoms with van der Waals surface area (Å²) in [7, 11) is 3.86. The summed E-state index contributed by atoms with van der Waals surface area (Å²) in [5, 5.41) is 11.4.